The smallest absolute Gasteiger partial charge is 0.322 e. The molecule has 132 valence electrons. The van der Waals surface area contributed by atoms with Gasteiger partial charge in [-0.05, 0) is 42.0 Å². The van der Waals surface area contributed by atoms with Crippen LogP contribution in [-0.4, -0.2) is 29.2 Å². The molecule has 5 heteroatoms. The molecule has 0 aliphatic carbocycles. The van der Waals surface area contributed by atoms with Crippen LogP contribution < -0.4 is 10.1 Å². The fourth-order valence-electron chi connectivity index (χ4n) is 3.46. The Bertz CT molecular complexity index is 887. The van der Waals surface area contributed by atoms with Gasteiger partial charge in [0, 0.05) is 30.7 Å². The molecule has 0 spiro atoms. The summed E-state index contributed by atoms with van der Waals surface area (Å²) in [6.07, 6.45) is 2.07. The van der Waals surface area contributed by atoms with Gasteiger partial charge in [-0.15, -0.1) is 0 Å². The first-order valence-electron chi connectivity index (χ1n) is 8.68. The molecule has 2 aromatic carbocycles. The van der Waals surface area contributed by atoms with Gasteiger partial charge in [-0.1, -0.05) is 30.3 Å². The number of urea groups is 1. The Kier molecular flexibility index (Phi) is 4.35. The highest BCUT2D eigenvalue weighted by atomic mass is 16.5. The molecule has 4 rings (SSSR count). The number of carbonyl (C=O) groups excluding carboxylic acids is 1. The molecule has 2 amide bonds. The van der Waals surface area contributed by atoms with Crippen LogP contribution in [0.5, 0.6) is 5.75 Å². The third-order valence-electron chi connectivity index (χ3n) is 4.76. The molecule has 1 atom stereocenters. The van der Waals surface area contributed by atoms with Crippen LogP contribution in [0.2, 0.25) is 0 Å². The molecule has 0 saturated carbocycles. The number of fused-ring (bicyclic) bond motifs is 1. The number of anilines is 1. The molecule has 5 nitrogen and oxygen atoms in total. The standard InChI is InChI=1S/C21H21N3O2/c1-26-18-11-9-17(10-12-18)22-21(25)24-15-14-23-13-5-8-19(23)20(24)16-6-3-2-4-7-16/h2-13,20H,14-15H2,1H3,(H,22,25). The van der Waals surface area contributed by atoms with Gasteiger partial charge in [0.2, 0.25) is 0 Å². The first-order valence-corrected chi connectivity index (χ1v) is 8.68. The van der Waals surface area contributed by atoms with Crippen LogP contribution in [0.1, 0.15) is 17.3 Å². The predicted molar refractivity (Wildman–Crippen MR) is 101 cm³/mol. The molecule has 1 aliphatic heterocycles. The highest BCUT2D eigenvalue weighted by molar-refractivity contribution is 5.90. The maximum absolute atomic E-state index is 13.0. The van der Waals surface area contributed by atoms with Crippen molar-refractivity contribution in [3.8, 4) is 5.75 Å². The zero-order chi connectivity index (χ0) is 17.9. The Labute approximate surface area is 152 Å². The zero-order valence-corrected chi connectivity index (χ0v) is 14.6. The monoisotopic (exact) mass is 347 g/mol. The van der Waals surface area contributed by atoms with Crippen LogP contribution in [0.15, 0.2) is 72.9 Å². The third-order valence-corrected chi connectivity index (χ3v) is 4.76. The van der Waals surface area contributed by atoms with E-state index < -0.39 is 0 Å². The number of hydrogen-bond donors (Lipinski definition) is 1. The molecule has 0 bridgehead atoms. The van der Waals surface area contributed by atoms with E-state index in [9.17, 15) is 4.79 Å². The lowest BCUT2D eigenvalue weighted by molar-refractivity contribution is 0.182. The Balaban J connectivity index is 1.62. The number of methoxy groups -OCH3 is 1. The summed E-state index contributed by atoms with van der Waals surface area (Å²) < 4.78 is 7.39. The van der Waals surface area contributed by atoms with Crippen LogP contribution in [0.4, 0.5) is 10.5 Å². The fourth-order valence-corrected chi connectivity index (χ4v) is 3.46. The summed E-state index contributed by atoms with van der Waals surface area (Å²) in [4.78, 5) is 14.9. The minimum atomic E-state index is -0.100. The Morgan fingerprint density at radius 1 is 1.00 bits per heavy atom. The van der Waals surface area contributed by atoms with Gasteiger partial charge in [0.1, 0.15) is 5.75 Å². The Hall–Kier alpha value is -3.21. The van der Waals surface area contributed by atoms with Gasteiger partial charge in [0.15, 0.2) is 0 Å². The highest BCUT2D eigenvalue weighted by Crippen LogP contribution is 2.32. The van der Waals surface area contributed by atoms with E-state index in [1.54, 1.807) is 7.11 Å². The van der Waals surface area contributed by atoms with E-state index in [1.165, 1.54) is 0 Å². The molecule has 26 heavy (non-hydrogen) atoms. The number of aromatic nitrogens is 1. The summed E-state index contributed by atoms with van der Waals surface area (Å²) >= 11 is 0. The number of rotatable bonds is 3. The number of benzene rings is 2. The second-order valence-electron chi connectivity index (χ2n) is 6.29. The number of nitrogens with zero attached hydrogens (tertiary/aromatic N) is 2. The average Bonchev–Trinajstić information content (AvgIpc) is 3.17. The Morgan fingerprint density at radius 3 is 2.50 bits per heavy atom. The van der Waals surface area contributed by atoms with Crippen molar-refractivity contribution in [2.45, 2.75) is 12.6 Å². The lowest BCUT2D eigenvalue weighted by Gasteiger charge is -2.37. The van der Waals surface area contributed by atoms with Crippen LogP contribution in [0.25, 0.3) is 0 Å². The predicted octanol–water partition coefficient (Wildman–Crippen LogP) is 4.13. The van der Waals surface area contributed by atoms with Gasteiger partial charge in [-0.25, -0.2) is 4.79 Å². The normalized spacial score (nSPS) is 16.0. The minimum Gasteiger partial charge on any atom is -0.497 e. The van der Waals surface area contributed by atoms with Crippen molar-refractivity contribution < 1.29 is 9.53 Å². The highest BCUT2D eigenvalue weighted by Gasteiger charge is 2.32. The van der Waals surface area contributed by atoms with E-state index in [0.29, 0.717) is 6.54 Å². The maximum Gasteiger partial charge on any atom is 0.322 e. The largest absolute Gasteiger partial charge is 0.497 e. The van der Waals surface area contributed by atoms with E-state index in [1.807, 2.05) is 53.4 Å². The van der Waals surface area contributed by atoms with Gasteiger partial charge in [0.05, 0.1) is 13.2 Å². The minimum absolute atomic E-state index is 0.0989. The lowest BCUT2D eigenvalue weighted by Crippen LogP contribution is -2.44. The zero-order valence-electron chi connectivity index (χ0n) is 14.6. The van der Waals surface area contributed by atoms with Crippen molar-refractivity contribution in [3.05, 3.63) is 84.2 Å². The second-order valence-corrected chi connectivity index (χ2v) is 6.29. The van der Waals surface area contributed by atoms with Gasteiger partial charge in [0.25, 0.3) is 0 Å². The summed E-state index contributed by atoms with van der Waals surface area (Å²) in [5, 5.41) is 3.01. The molecule has 1 N–H and O–H groups in total. The topological polar surface area (TPSA) is 46.5 Å². The number of carbonyl (C=O) groups is 1. The van der Waals surface area contributed by atoms with E-state index in [-0.39, 0.29) is 12.1 Å². The summed E-state index contributed by atoms with van der Waals surface area (Å²) in [5.41, 5.74) is 2.99. The van der Waals surface area contributed by atoms with E-state index in [4.69, 9.17) is 4.74 Å². The number of nitrogens with one attached hydrogen (secondary N) is 1. The Morgan fingerprint density at radius 2 is 1.77 bits per heavy atom. The molecule has 3 aromatic rings. The number of amides is 2. The van der Waals surface area contributed by atoms with E-state index in [2.05, 4.69) is 34.3 Å². The molecular weight excluding hydrogens is 326 g/mol. The van der Waals surface area contributed by atoms with Gasteiger partial charge >= 0.3 is 6.03 Å². The van der Waals surface area contributed by atoms with Gasteiger partial charge in [-0.2, -0.15) is 0 Å². The summed E-state index contributed by atoms with van der Waals surface area (Å²) in [7, 11) is 1.63. The summed E-state index contributed by atoms with van der Waals surface area (Å²) in [6.45, 7) is 1.45. The van der Waals surface area contributed by atoms with Crippen LogP contribution in [0, 0.1) is 0 Å². The van der Waals surface area contributed by atoms with Crippen molar-refractivity contribution in [2.24, 2.45) is 0 Å². The summed E-state index contributed by atoms with van der Waals surface area (Å²) in [5.74, 6) is 0.765. The molecule has 0 fully saturated rings. The molecule has 1 aliphatic rings. The average molecular weight is 347 g/mol. The van der Waals surface area contributed by atoms with E-state index in [0.717, 1.165) is 29.2 Å². The molecule has 2 heterocycles. The molecule has 1 unspecified atom stereocenters. The van der Waals surface area contributed by atoms with Gasteiger partial charge < -0.3 is 19.5 Å². The first-order chi connectivity index (χ1) is 12.8. The van der Waals surface area contributed by atoms with Crippen molar-refractivity contribution in [1.82, 2.24) is 9.47 Å². The molecule has 1 aromatic heterocycles. The quantitative estimate of drug-likeness (QED) is 0.774. The number of ether oxygens (including phenoxy) is 1. The number of hydrogen-bond acceptors (Lipinski definition) is 2. The molecule has 0 radical (unpaired) electrons. The van der Waals surface area contributed by atoms with Crippen LogP contribution in [0.3, 0.4) is 0 Å². The fraction of sp³-hybridized carbons (Fsp3) is 0.190. The van der Waals surface area contributed by atoms with Crippen molar-refractivity contribution in [1.29, 1.82) is 0 Å². The van der Waals surface area contributed by atoms with Crippen molar-refractivity contribution >= 4 is 11.7 Å². The van der Waals surface area contributed by atoms with Gasteiger partial charge in [-0.3, -0.25) is 0 Å². The third kappa shape index (κ3) is 3.04. The van der Waals surface area contributed by atoms with Crippen LogP contribution in [-0.2, 0) is 6.54 Å². The lowest BCUT2D eigenvalue weighted by atomic mass is 10.0. The van der Waals surface area contributed by atoms with E-state index >= 15 is 0 Å². The second kappa shape index (κ2) is 6.96. The van der Waals surface area contributed by atoms with Crippen molar-refractivity contribution in [2.75, 3.05) is 19.0 Å². The SMILES string of the molecule is COc1ccc(NC(=O)N2CCn3cccc3C2c2ccccc2)cc1. The van der Waals surface area contributed by atoms with Crippen LogP contribution >= 0.6 is 0 Å². The first kappa shape index (κ1) is 16.3. The summed E-state index contributed by atoms with van der Waals surface area (Å²) in [6, 6.07) is 21.5. The maximum atomic E-state index is 13.0. The van der Waals surface area contributed by atoms with Crippen molar-refractivity contribution in [3.63, 3.8) is 0 Å². The molecule has 0 saturated heterocycles. The molecular formula is C21H21N3O2.